The van der Waals surface area contributed by atoms with Gasteiger partial charge in [-0.15, -0.1) is 0 Å². The van der Waals surface area contributed by atoms with E-state index in [1.807, 2.05) is 18.2 Å². The lowest BCUT2D eigenvalue weighted by atomic mass is 10.2. The molecule has 108 valence electrons. The van der Waals surface area contributed by atoms with Crippen molar-refractivity contribution < 1.29 is 4.79 Å². The molecule has 1 amide bonds. The summed E-state index contributed by atoms with van der Waals surface area (Å²) in [5.74, 6) is 0.531. The molecule has 0 aliphatic carbocycles. The van der Waals surface area contributed by atoms with Crippen molar-refractivity contribution >= 4 is 44.2 Å². The van der Waals surface area contributed by atoms with Gasteiger partial charge in [0.25, 0.3) is 0 Å². The molecule has 2 aromatic rings. The quantitative estimate of drug-likeness (QED) is 0.858. The number of amides is 1. The monoisotopic (exact) mass is 311 g/mol. The summed E-state index contributed by atoms with van der Waals surface area (Å²) >= 11 is 7.61. The fourth-order valence-electron chi connectivity index (χ4n) is 1.68. The molecular formula is C14H18ClN3OS. The number of fused-ring (bicyclic) bond motifs is 1. The molecule has 0 radical (unpaired) electrons. The average molecular weight is 312 g/mol. The molecule has 0 spiro atoms. The van der Waals surface area contributed by atoms with Crippen LogP contribution < -0.4 is 10.6 Å². The number of nitrogens with one attached hydrogen (secondary N) is 2. The van der Waals surface area contributed by atoms with Gasteiger partial charge in [-0.1, -0.05) is 42.9 Å². The van der Waals surface area contributed by atoms with Crippen molar-refractivity contribution in [1.29, 1.82) is 0 Å². The van der Waals surface area contributed by atoms with Crippen LogP contribution in [0.3, 0.4) is 0 Å². The van der Waals surface area contributed by atoms with Gasteiger partial charge in [-0.05, 0) is 18.1 Å². The van der Waals surface area contributed by atoms with Gasteiger partial charge in [0.15, 0.2) is 5.13 Å². The van der Waals surface area contributed by atoms with Gasteiger partial charge in [-0.2, -0.15) is 0 Å². The number of carbonyl (C=O) groups is 1. The van der Waals surface area contributed by atoms with Gasteiger partial charge in [-0.25, -0.2) is 4.98 Å². The van der Waals surface area contributed by atoms with E-state index in [1.54, 1.807) is 0 Å². The minimum Gasteiger partial charge on any atom is -0.361 e. The number of benzene rings is 1. The first-order chi connectivity index (χ1) is 9.56. The fourth-order valence-corrected chi connectivity index (χ4v) is 2.86. The second-order valence-electron chi connectivity index (χ2n) is 4.98. The van der Waals surface area contributed by atoms with Gasteiger partial charge < -0.3 is 10.6 Å². The number of carbonyl (C=O) groups excluding carboxylic acids is 1. The summed E-state index contributed by atoms with van der Waals surface area (Å²) in [4.78, 5) is 16.0. The number of hydrogen-bond donors (Lipinski definition) is 2. The summed E-state index contributed by atoms with van der Waals surface area (Å²) in [6, 6.07) is 5.66. The maximum atomic E-state index is 11.6. The Morgan fingerprint density at radius 1 is 1.45 bits per heavy atom. The third kappa shape index (κ3) is 4.08. The van der Waals surface area contributed by atoms with Crippen molar-refractivity contribution in [3.05, 3.63) is 23.2 Å². The Morgan fingerprint density at radius 2 is 2.25 bits per heavy atom. The molecule has 2 rings (SSSR count). The van der Waals surface area contributed by atoms with Crippen LogP contribution in [0, 0.1) is 5.92 Å². The molecule has 4 nitrogen and oxygen atoms in total. The highest BCUT2D eigenvalue weighted by Gasteiger charge is 2.07. The largest absolute Gasteiger partial charge is 0.361 e. The predicted molar refractivity (Wildman–Crippen MR) is 85.6 cm³/mol. The smallest absolute Gasteiger partial charge is 0.221 e. The van der Waals surface area contributed by atoms with E-state index in [2.05, 4.69) is 29.5 Å². The number of halogens is 1. The zero-order valence-corrected chi connectivity index (χ0v) is 13.1. The van der Waals surface area contributed by atoms with Gasteiger partial charge in [0.05, 0.1) is 15.2 Å². The Bertz CT molecular complexity index is 597. The maximum Gasteiger partial charge on any atom is 0.221 e. The highest BCUT2D eigenvalue weighted by molar-refractivity contribution is 7.22. The van der Waals surface area contributed by atoms with E-state index in [9.17, 15) is 4.79 Å². The third-order valence-electron chi connectivity index (χ3n) is 2.70. The highest BCUT2D eigenvalue weighted by atomic mass is 35.5. The molecule has 20 heavy (non-hydrogen) atoms. The molecule has 0 saturated carbocycles. The molecule has 6 heteroatoms. The normalized spacial score (nSPS) is 11.0. The zero-order chi connectivity index (χ0) is 14.5. The summed E-state index contributed by atoms with van der Waals surface area (Å²) in [6.07, 6.45) is 0.441. The van der Waals surface area contributed by atoms with Crippen molar-refractivity contribution in [2.45, 2.75) is 20.3 Å². The Kier molecular flexibility index (Phi) is 5.20. The SMILES string of the molecule is CC(C)CNC(=O)CCNc1nc2cccc(Cl)c2s1. The third-order valence-corrected chi connectivity index (χ3v) is 4.19. The van der Waals surface area contributed by atoms with Crippen LogP contribution in [0.4, 0.5) is 5.13 Å². The predicted octanol–water partition coefficient (Wildman–Crippen LogP) is 3.52. The Labute approximate surface area is 127 Å². The van der Waals surface area contributed by atoms with Crippen LogP contribution in [0.25, 0.3) is 10.2 Å². The van der Waals surface area contributed by atoms with Crippen LogP contribution in [-0.4, -0.2) is 24.0 Å². The minimum absolute atomic E-state index is 0.0605. The van der Waals surface area contributed by atoms with E-state index < -0.39 is 0 Å². The number of anilines is 1. The molecule has 0 fully saturated rings. The molecule has 0 aliphatic rings. The van der Waals surface area contributed by atoms with Crippen LogP contribution in [0.15, 0.2) is 18.2 Å². The van der Waals surface area contributed by atoms with E-state index in [1.165, 1.54) is 11.3 Å². The van der Waals surface area contributed by atoms with Gasteiger partial charge in [0.2, 0.25) is 5.91 Å². The lowest BCUT2D eigenvalue weighted by Gasteiger charge is -2.07. The molecule has 0 bridgehead atoms. The fraction of sp³-hybridized carbons (Fsp3) is 0.429. The van der Waals surface area contributed by atoms with Crippen LogP contribution >= 0.6 is 22.9 Å². The zero-order valence-electron chi connectivity index (χ0n) is 11.6. The van der Waals surface area contributed by atoms with Gasteiger partial charge in [0.1, 0.15) is 0 Å². The lowest BCUT2D eigenvalue weighted by Crippen LogP contribution is -2.28. The molecule has 0 saturated heterocycles. The number of hydrogen-bond acceptors (Lipinski definition) is 4. The number of rotatable bonds is 6. The molecule has 0 unspecified atom stereocenters. The second-order valence-corrected chi connectivity index (χ2v) is 6.39. The molecule has 2 N–H and O–H groups in total. The Hall–Kier alpha value is -1.33. The molecule has 1 aromatic heterocycles. The van der Waals surface area contributed by atoms with Crippen LogP contribution in [0.2, 0.25) is 5.02 Å². The Morgan fingerprint density at radius 3 is 2.95 bits per heavy atom. The number of thiazole rings is 1. The van der Waals surface area contributed by atoms with Crippen molar-refractivity contribution in [3.8, 4) is 0 Å². The first-order valence-electron chi connectivity index (χ1n) is 6.62. The Balaban J connectivity index is 1.84. The van der Waals surface area contributed by atoms with Gasteiger partial charge in [0, 0.05) is 19.5 Å². The molecule has 1 aromatic carbocycles. The van der Waals surface area contributed by atoms with Crippen molar-refractivity contribution in [3.63, 3.8) is 0 Å². The summed E-state index contributed by atoms with van der Waals surface area (Å²) < 4.78 is 0.973. The summed E-state index contributed by atoms with van der Waals surface area (Å²) in [5.41, 5.74) is 0.884. The highest BCUT2D eigenvalue weighted by Crippen LogP contribution is 2.31. The average Bonchev–Trinajstić information content (AvgIpc) is 2.81. The first kappa shape index (κ1) is 15.1. The summed E-state index contributed by atoms with van der Waals surface area (Å²) in [5, 5.41) is 7.56. The molecular weight excluding hydrogens is 294 g/mol. The summed E-state index contributed by atoms with van der Waals surface area (Å²) in [7, 11) is 0. The molecule has 1 heterocycles. The topological polar surface area (TPSA) is 54.0 Å². The van der Waals surface area contributed by atoms with E-state index in [-0.39, 0.29) is 5.91 Å². The minimum atomic E-state index is 0.0605. The maximum absolute atomic E-state index is 11.6. The van der Waals surface area contributed by atoms with E-state index >= 15 is 0 Å². The van der Waals surface area contributed by atoms with Gasteiger partial charge >= 0.3 is 0 Å². The summed E-state index contributed by atoms with van der Waals surface area (Å²) in [6.45, 7) is 5.43. The van der Waals surface area contributed by atoms with Crippen molar-refractivity contribution in [2.24, 2.45) is 5.92 Å². The molecule has 0 atom stereocenters. The van der Waals surface area contributed by atoms with Crippen molar-refractivity contribution in [2.75, 3.05) is 18.4 Å². The lowest BCUT2D eigenvalue weighted by molar-refractivity contribution is -0.120. The van der Waals surface area contributed by atoms with Crippen LogP contribution in [0.5, 0.6) is 0 Å². The van der Waals surface area contributed by atoms with Crippen LogP contribution in [-0.2, 0) is 4.79 Å². The first-order valence-corrected chi connectivity index (χ1v) is 7.81. The second kappa shape index (κ2) is 6.90. The number of nitrogens with zero attached hydrogens (tertiary/aromatic N) is 1. The number of aromatic nitrogens is 1. The van der Waals surface area contributed by atoms with Gasteiger partial charge in [-0.3, -0.25) is 4.79 Å². The van der Waals surface area contributed by atoms with Crippen LogP contribution in [0.1, 0.15) is 20.3 Å². The molecule has 0 aliphatic heterocycles. The van der Waals surface area contributed by atoms with E-state index in [0.717, 1.165) is 21.9 Å². The van der Waals surface area contributed by atoms with Crippen molar-refractivity contribution in [1.82, 2.24) is 10.3 Å². The van der Waals surface area contributed by atoms with E-state index in [0.29, 0.717) is 23.9 Å². The van der Waals surface area contributed by atoms with E-state index in [4.69, 9.17) is 11.6 Å². The standard InChI is InChI=1S/C14H18ClN3OS/c1-9(2)8-17-12(19)6-7-16-14-18-11-5-3-4-10(15)13(11)20-14/h3-5,9H,6-8H2,1-2H3,(H,16,18)(H,17,19).